The normalized spacial score (nSPS) is 19.0. The van der Waals surface area contributed by atoms with Crippen LogP contribution in [0.25, 0.3) is 0 Å². The van der Waals surface area contributed by atoms with E-state index in [1.807, 2.05) is 0 Å². The molecule has 0 spiro atoms. The molecule has 1 unspecified atom stereocenters. The van der Waals surface area contributed by atoms with Crippen molar-refractivity contribution >= 4 is 29.1 Å². The van der Waals surface area contributed by atoms with E-state index in [0.717, 1.165) is 31.7 Å². The van der Waals surface area contributed by atoms with Crippen LogP contribution in [0.3, 0.4) is 0 Å². The molecule has 4 nitrogen and oxygen atoms in total. The van der Waals surface area contributed by atoms with Gasteiger partial charge in [0.05, 0.1) is 33.6 Å². The summed E-state index contributed by atoms with van der Waals surface area (Å²) in [5.41, 5.74) is -2.46. The summed E-state index contributed by atoms with van der Waals surface area (Å²) in [6.45, 7) is 3.30. The lowest BCUT2D eigenvalue weighted by Gasteiger charge is -2.43. The Labute approximate surface area is 239 Å². The molecule has 2 aromatic carbocycles. The largest absolute Gasteiger partial charge is 0.416 e. The third kappa shape index (κ3) is 8.05. The van der Waals surface area contributed by atoms with Crippen molar-refractivity contribution in [3.05, 3.63) is 68.7 Å². The zero-order valence-electron chi connectivity index (χ0n) is 21.7. The second-order valence-electron chi connectivity index (χ2n) is 10.4. The molecule has 1 atom stereocenters. The Balaban J connectivity index is 1.47. The topological polar surface area (TPSA) is 35.6 Å². The van der Waals surface area contributed by atoms with Gasteiger partial charge < -0.3 is 5.32 Å². The molecule has 220 valence electrons. The standard InChI is InChI=1S/C28H31Cl2F6N3O/c29-23-7-6-19(15-24(23)30)25(39-10-8-38(9-11-39)22-4-2-1-3-5-22)17-37-26(40)14-18-12-20(27(31,32)33)16-21(13-18)28(34,35)36/h6-7,12-13,15-16,22,25H,1-5,8-11,14,17H2,(H,37,40). The number of hydrogen-bond donors (Lipinski definition) is 1. The predicted molar refractivity (Wildman–Crippen MR) is 142 cm³/mol. The smallest absolute Gasteiger partial charge is 0.354 e. The Morgan fingerprint density at radius 3 is 2.00 bits per heavy atom. The maximum atomic E-state index is 13.2. The lowest BCUT2D eigenvalue weighted by atomic mass is 9.93. The van der Waals surface area contributed by atoms with Crippen LogP contribution in [0.2, 0.25) is 10.0 Å². The zero-order valence-corrected chi connectivity index (χ0v) is 23.2. The molecule has 2 aliphatic rings. The van der Waals surface area contributed by atoms with Crippen molar-refractivity contribution in [1.82, 2.24) is 15.1 Å². The molecule has 1 saturated heterocycles. The number of carbonyl (C=O) groups is 1. The van der Waals surface area contributed by atoms with Gasteiger partial charge in [-0.25, -0.2) is 0 Å². The number of alkyl halides is 6. The van der Waals surface area contributed by atoms with Crippen LogP contribution in [-0.4, -0.2) is 54.5 Å². The molecule has 0 radical (unpaired) electrons. The molecule has 12 heteroatoms. The highest BCUT2D eigenvalue weighted by molar-refractivity contribution is 6.42. The van der Waals surface area contributed by atoms with Crippen LogP contribution >= 0.6 is 23.2 Å². The number of piperazine rings is 1. The Morgan fingerprint density at radius 1 is 0.850 bits per heavy atom. The van der Waals surface area contributed by atoms with Gasteiger partial charge in [-0.05, 0) is 54.3 Å². The Kier molecular flexibility index (Phi) is 9.96. The fraction of sp³-hybridized carbons (Fsp3) is 0.536. The highest BCUT2D eigenvalue weighted by Crippen LogP contribution is 2.36. The summed E-state index contributed by atoms with van der Waals surface area (Å²) >= 11 is 12.4. The number of hydrogen-bond acceptors (Lipinski definition) is 3. The SMILES string of the molecule is O=C(Cc1cc(C(F)(F)F)cc(C(F)(F)F)c1)NCC(c1ccc(Cl)c(Cl)c1)N1CCN(C2CCCCC2)CC1. The number of benzene rings is 2. The van der Waals surface area contributed by atoms with Gasteiger partial charge in [0.2, 0.25) is 5.91 Å². The van der Waals surface area contributed by atoms with E-state index >= 15 is 0 Å². The molecule has 2 fully saturated rings. The van der Waals surface area contributed by atoms with Crippen LogP contribution in [0, 0.1) is 0 Å². The average molecular weight is 610 g/mol. The van der Waals surface area contributed by atoms with Gasteiger partial charge in [-0.15, -0.1) is 0 Å². The molecule has 1 aliphatic heterocycles. The Morgan fingerprint density at radius 2 is 1.45 bits per heavy atom. The van der Waals surface area contributed by atoms with Crippen molar-refractivity contribution in [1.29, 1.82) is 0 Å². The first-order valence-electron chi connectivity index (χ1n) is 13.3. The van der Waals surface area contributed by atoms with Crippen molar-refractivity contribution in [2.24, 2.45) is 0 Å². The summed E-state index contributed by atoms with van der Waals surface area (Å²) in [6, 6.07) is 6.67. The van der Waals surface area contributed by atoms with Crippen molar-refractivity contribution < 1.29 is 31.1 Å². The van der Waals surface area contributed by atoms with Crippen LogP contribution in [0.15, 0.2) is 36.4 Å². The number of rotatable bonds is 7. The van der Waals surface area contributed by atoms with E-state index in [0.29, 0.717) is 28.2 Å². The molecule has 0 aromatic heterocycles. The molecule has 1 aliphatic carbocycles. The molecule has 2 aromatic rings. The summed E-state index contributed by atoms with van der Waals surface area (Å²) in [4.78, 5) is 17.5. The summed E-state index contributed by atoms with van der Waals surface area (Å²) in [7, 11) is 0. The van der Waals surface area contributed by atoms with Crippen LogP contribution < -0.4 is 5.32 Å². The van der Waals surface area contributed by atoms with Crippen molar-refractivity contribution in [2.75, 3.05) is 32.7 Å². The van der Waals surface area contributed by atoms with Gasteiger partial charge in [-0.2, -0.15) is 26.3 Å². The van der Waals surface area contributed by atoms with E-state index in [1.54, 1.807) is 18.2 Å². The number of amides is 1. The van der Waals surface area contributed by atoms with Gasteiger partial charge in [-0.3, -0.25) is 14.6 Å². The summed E-state index contributed by atoms with van der Waals surface area (Å²) in [5, 5.41) is 3.44. The molecule has 1 N–H and O–H groups in total. The maximum absolute atomic E-state index is 13.2. The zero-order chi connectivity index (χ0) is 29.1. The maximum Gasteiger partial charge on any atom is 0.416 e. The molecule has 40 heavy (non-hydrogen) atoms. The van der Waals surface area contributed by atoms with E-state index in [1.165, 1.54) is 32.1 Å². The Bertz CT molecular complexity index is 1140. The minimum atomic E-state index is -4.98. The van der Waals surface area contributed by atoms with Crippen LogP contribution in [-0.2, 0) is 23.6 Å². The fourth-order valence-electron chi connectivity index (χ4n) is 5.62. The molecule has 4 rings (SSSR count). The predicted octanol–water partition coefficient (Wildman–Crippen LogP) is 7.38. The van der Waals surface area contributed by atoms with Gasteiger partial charge in [0.25, 0.3) is 0 Å². The number of halogens is 8. The lowest BCUT2D eigenvalue weighted by Crippen LogP contribution is -2.53. The highest BCUT2D eigenvalue weighted by atomic mass is 35.5. The van der Waals surface area contributed by atoms with Crippen LogP contribution in [0.5, 0.6) is 0 Å². The number of nitrogens with zero attached hydrogens (tertiary/aromatic N) is 2. The lowest BCUT2D eigenvalue weighted by molar-refractivity contribution is -0.143. The molecular formula is C28H31Cl2F6N3O. The van der Waals surface area contributed by atoms with Gasteiger partial charge in [0.1, 0.15) is 0 Å². The van der Waals surface area contributed by atoms with E-state index in [-0.39, 0.29) is 24.2 Å². The summed E-state index contributed by atoms with van der Waals surface area (Å²) in [5.74, 6) is -0.682. The van der Waals surface area contributed by atoms with Crippen molar-refractivity contribution in [3.63, 3.8) is 0 Å². The van der Waals surface area contributed by atoms with Crippen LogP contribution in [0.4, 0.5) is 26.3 Å². The monoisotopic (exact) mass is 609 g/mol. The minimum Gasteiger partial charge on any atom is -0.354 e. The van der Waals surface area contributed by atoms with Gasteiger partial charge in [0, 0.05) is 38.8 Å². The van der Waals surface area contributed by atoms with Crippen LogP contribution in [0.1, 0.15) is 60.4 Å². The first-order valence-corrected chi connectivity index (χ1v) is 14.0. The summed E-state index contributed by atoms with van der Waals surface area (Å²) < 4.78 is 79.4. The third-order valence-electron chi connectivity index (χ3n) is 7.71. The van der Waals surface area contributed by atoms with Crippen molar-refractivity contribution in [2.45, 2.75) is 63.0 Å². The summed E-state index contributed by atoms with van der Waals surface area (Å²) in [6.07, 6.45) is -4.46. The quantitative estimate of drug-likeness (QED) is 0.333. The second-order valence-corrected chi connectivity index (χ2v) is 11.3. The van der Waals surface area contributed by atoms with E-state index in [4.69, 9.17) is 23.2 Å². The first kappa shape index (κ1) is 30.9. The molecular weight excluding hydrogens is 579 g/mol. The molecule has 1 amide bonds. The highest BCUT2D eigenvalue weighted by Gasteiger charge is 2.37. The Hall–Kier alpha value is -2.01. The first-order chi connectivity index (χ1) is 18.8. The van der Waals surface area contributed by atoms with E-state index in [9.17, 15) is 31.1 Å². The average Bonchev–Trinajstić information content (AvgIpc) is 2.90. The van der Waals surface area contributed by atoms with Gasteiger partial charge in [-0.1, -0.05) is 48.5 Å². The molecule has 1 heterocycles. The van der Waals surface area contributed by atoms with Crippen molar-refractivity contribution in [3.8, 4) is 0 Å². The second kappa shape index (κ2) is 12.9. The molecule has 0 bridgehead atoms. The van der Waals surface area contributed by atoms with Gasteiger partial charge in [0.15, 0.2) is 0 Å². The van der Waals surface area contributed by atoms with E-state index < -0.39 is 35.8 Å². The number of nitrogens with one attached hydrogen (secondary N) is 1. The third-order valence-corrected chi connectivity index (χ3v) is 8.45. The van der Waals surface area contributed by atoms with Gasteiger partial charge >= 0.3 is 12.4 Å². The number of carbonyl (C=O) groups excluding carboxylic acids is 1. The van der Waals surface area contributed by atoms with E-state index in [2.05, 4.69) is 15.1 Å². The fourth-order valence-corrected chi connectivity index (χ4v) is 5.92. The molecule has 1 saturated carbocycles. The minimum absolute atomic E-state index is 0.0503.